The Balaban J connectivity index is 3.78. The van der Waals surface area contributed by atoms with E-state index in [4.69, 9.17) is 56.8 Å². The van der Waals surface area contributed by atoms with Crippen molar-refractivity contribution in [3.05, 3.63) is 25.3 Å². The summed E-state index contributed by atoms with van der Waals surface area (Å²) < 4.78 is 69.8. The third kappa shape index (κ3) is 40.3. The molecule has 0 N–H and O–H groups in total. The van der Waals surface area contributed by atoms with Crippen molar-refractivity contribution in [2.24, 2.45) is 0 Å². The monoisotopic (exact) mass is 919 g/mol. The van der Waals surface area contributed by atoms with Gasteiger partial charge in [-0.3, -0.25) is 0 Å². The Hall–Kier alpha value is -1.98. The fourth-order valence-corrected chi connectivity index (χ4v) is 5.87. The molecule has 0 bridgehead atoms. The van der Waals surface area contributed by atoms with Gasteiger partial charge < -0.3 is 56.8 Å². The van der Waals surface area contributed by atoms with Crippen molar-refractivity contribution in [1.82, 2.24) is 0 Å². The number of carbonyl (C=O) groups excluding carboxylic acids is 2. The van der Waals surface area contributed by atoms with Gasteiger partial charge in [-0.25, -0.2) is 9.59 Å². The van der Waals surface area contributed by atoms with E-state index in [0.29, 0.717) is 85.5 Å². The van der Waals surface area contributed by atoms with E-state index in [1.165, 1.54) is 6.08 Å². The fourth-order valence-electron chi connectivity index (χ4n) is 5.87. The number of rotatable bonds is 46. The molecule has 0 rings (SSSR count). The highest BCUT2D eigenvalue weighted by molar-refractivity contribution is 5.81. The minimum Gasteiger partial charge on any atom is -0.462 e. The summed E-state index contributed by atoms with van der Waals surface area (Å²) in [7, 11) is 0. The summed E-state index contributed by atoms with van der Waals surface area (Å²) in [4.78, 5) is 22.4. The molecule has 11 atom stereocenters. The lowest BCUT2D eigenvalue weighted by Crippen LogP contribution is -2.21. The van der Waals surface area contributed by atoms with Crippen molar-refractivity contribution < 1.29 is 66.4 Å². The first-order valence-corrected chi connectivity index (χ1v) is 24.3. The molecule has 378 valence electrons. The Morgan fingerprint density at radius 1 is 0.297 bits per heavy atom. The molecule has 14 heteroatoms. The van der Waals surface area contributed by atoms with Gasteiger partial charge in [-0.15, -0.1) is 0 Å². The summed E-state index contributed by atoms with van der Waals surface area (Å²) in [5.74, 6) is -0.820. The Bertz CT molecular complexity index is 1130. The molecular weight excluding hydrogens is 825 g/mol. The molecule has 64 heavy (non-hydrogen) atoms. The van der Waals surface area contributed by atoms with Crippen LogP contribution in [0, 0.1) is 0 Å². The largest absolute Gasteiger partial charge is 0.462 e. The number of esters is 2. The van der Waals surface area contributed by atoms with Crippen molar-refractivity contribution in [1.29, 1.82) is 0 Å². The van der Waals surface area contributed by atoms with E-state index in [1.807, 2.05) is 20.8 Å². The first-order chi connectivity index (χ1) is 30.5. The molecule has 0 fully saturated rings. The molecule has 0 heterocycles. The van der Waals surface area contributed by atoms with E-state index in [0.717, 1.165) is 63.9 Å². The smallest absolute Gasteiger partial charge is 0.330 e. The number of ether oxygens (including phenoxy) is 12. The summed E-state index contributed by atoms with van der Waals surface area (Å²) in [6.45, 7) is 35.9. The van der Waals surface area contributed by atoms with Crippen LogP contribution in [-0.4, -0.2) is 152 Å². The lowest BCUT2D eigenvalue weighted by Gasteiger charge is -2.20. The topological polar surface area (TPSA) is 145 Å². The predicted octanol–water partition coefficient (Wildman–Crippen LogP) is 9.18. The minimum absolute atomic E-state index is 0.0108. The summed E-state index contributed by atoms with van der Waals surface area (Å²) in [6, 6.07) is 0. The fraction of sp³-hybridized carbons (Fsp3) is 0.880. The molecule has 0 aromatic heterocycles. The van der Waals surface area contributed by atoms with Crippen LogP contribution < -0.4 is 0 Å². The Labute approximate surface area is 389 Å². The van der Waals surface area contributed by atoms with Crippen LogP contribution in [0.4, 0.5) is 0 Å². The van der Waals surface area contributed by atoms with Gasteiger partial charge in [0.1, 0.15) is 6.10 Å². The third-order valence-corrected chi connectivity index (χ3v) is 10.7. The van der Waals surface area contributed by atoms with Crippen LogP contribution in [0.2, 0.25) is 0 Å². The third-order valence-electron chi connectivity index (χ3n) is 10.7. The second-order valence-corrected chi connectivity index (χ2v) is 17.3. The van der Waals surface area contributed by atoms with Gasteiger partial charge >= 0.3 is 11.9 Å². The highest BCUT2D eigenvalue weighted by Crippen LogP contribution is 2.11. The van der Waals surface area contributed by atoms with Crippen molar-refractivity contribution in [2.75, 3.05) is 72.7 Å². The Kier molecular flexibility index (Phi) is 40.0. The summed E-state index contributed by atoms with van der Waals surface area (Å²) in [5.41, 5.74) is 0. The lowest BCUT2D eigenvalue weighted by atomic mass is 10.2. The zero-order valence-corrected chi connectivity index (χ0v) is 42.2. The molecular formula is C50H94O14. The van der Waals surface area contributed by atoms with Crippen LogP contribution in [0.3, 0.4) is 0 Å². The molecule has 14 nitrogen and oxygen atoms in total. The highest BCUT2D eigenvalue weighted by Gasteiger charge is 2.14. The first kappa shape index (κ1) is 62.0. The van der Waals surface area contributed by atoms with Gasteiger partial charge in [0.2, 0.25) is 0 Å². The van der Waals surface area contributed by atoms with Crippen molar-refractivity contribution in [3.63, 3.8) is 0 Å². The van der Waals surface area contributed by atoms with Gasteiger partial charge in [0, 0.05) is 84.5 Å². The molecule has 0 aliphatic carbocycles. The summed E-state index contributed by atoms with van der Waals surface area (Å²) in [5, 5.41) is 0. The Morgan fingerprint density at radius 3 is 0.656 bits per heavy atom. The highest BCUT2D eigenvalue weighted by atomic mass is 16.6. The first-order valence-electron chi connectivity index (χ1n) is 24.3. The Morgan fingerprint density at radius 2 is 0.469 bits per heavy atom. The molecule has 0 aliphatic heterocycles. The van der Waals surface area contributed by atoms with Crippen molar-refractivity contribution >= 4 is 11.9 Å². The lowest BCUT2D eigenvalue weighted by molar-refractivity contribution is -0.143. The van der Waals surface area contributed by atoms with E-state index < -0.39 is 11.9 Å². The summed E-state index contributed by atoms with van der Waals surface area (Å²) >= 11 is 0. The van der Waals surface area contributed by atoms with Gasteiger partial charge in [-0.2, -0.15) is 0 Å². The quantitative estimate of drug-likeness (QED) is 0.0423. The number of carbonyl (C=O) groups is 2. The van der Waals surface area contributed by atoms with Crippen LogP contribution >= 0.6 is 0 Å². The van der Waals surface area contributed by atoms with Crippen LogP contribution in [0.5, 0.6) is 0 Å². The van der Waals surface area contributed by atoms with Gasteiger partial charge in [0.05, 0.1) is 74.3 Å². The van der Waals surface area contributed by atoms with Crippen LogP contribution in [0.15, 0.2) is 25.3 Å². The maximum atomic E-state index is 11.3. The standard InChI is InChI=1S/C50H94O14/c1-14-49(51)63-37-25-47(12)61-35-23-45(10)59-33-21-43(8)57-31-19-41(6)55-29-17-39(4)53-27-16-38(3)54-28-18-40(5)56-30-20-42(7)58-32-22-44(9)60-34-24-46(11)62-36-26-48(13)64-50(52)15-2/h14-15,38-48H,1-2,16-37H2,3-13H3. The summed E-state index contributed by atoms with van der Waals surface area (Å²) in [6.07, 6.45) is 11.8. The minimum atomic E-state index is -0.411. The van der Waals surface area contributed by atoms with E-state index in [-0.39, 0.29) is 67.1 Å². The van der Waals surface area contributed by atoms with Gasteiger partial charge in [-0.05, 0) is 134 Å². The molecule has 0 saturated heterocycles. The van der Waals surface area contributed by atoms with Gasteiger partial charge in [0.25, 0.3) is 0 Å². The van der Waals surface area contributed by atoms with Crippen molar-refractivity contribution in [3.8, 4) is 0 Å². The maximum absolute atomic E-state index is 11.3. The SMILES string of the molecule is C=CC(=O)OCCC(C)OCCC(C)OCCC(C)OCCC(C)OCCC(C)OCCC(C)OCCC(C)OCCC(C)OCCC(C)OCCC(C)OCCC(C)OC(=O)C=C. The van der Waals surface area contributed by atoms with Crippen LogP contribution in [-0.2, 0) is 66.4 Å². The second kappa shape index (κ2) is 41.2. The van der Waals surface area contributed by atoms with Gasteiger partial charge in [-0.1, -0.05) is 13.2 Å². The number of hydrogen-bond acceptors (Lipinski definition) is 14. The average Bonchev–Trinajstić information content (AvgIpc) is 3.23. The molecule has 0 aromatic rings. The molecule has 0 saturated carbocycles. The normalized spacial score (nSPS) is 17.0. The van der Waals surface area contributed by atoms with E-state index >= 15 is 0 Å². The molecule has 0 amide bonds. The van der Waals surface area contributed by atoms with Crippen LogP contribution in [0.25, 0.3) is 0 Å². The second-order valence-electron chi connectivity index (χ2n) is 17.3. The molecule has 11 unspecified atom stereocenters. The molecule has 0 radical (unpaired) electrons. The van der Waals surface area contributed by atoms with E-state index in [2.05, 4.69) is 68.5 Å². The van der Waals surface area contributed by atoms with E-state index in [9.17, 15) is 9.59 Å². The number of hydrogen-bond donors (Lipinski definition) is 0. The van der Waals surface area contributed by atoms with Gasteiger partial charge in [0.15, 0.2) is 0 Å². The maximum Gasteiger partial charge on any atom is 0.330 e. The molecule has 0 aromatic carbocycles. The predicted molar refractivity (Wildman–Crippen MR) is 252 cm³/mol. The van der Waals surface area contributed by atoms with Crippen molar-refractivity contribution in [2.45, 2.75) is 214 Å². The van der Waals surface area contributed by atoms with Crippen LogP contribution in [0.1, 0.15) is 147 Å². The molecule has 0 spiro atoms. The molecule has 0 aliphatic rings. The van der Waals surface area contributed by atoms with E-state index in [1.54, 1.807) is 0 Å². The zero-order chi connectivity index (χ0) is 48.0. The average molecular weight is 919 g/mol. The zero-order valence-electron chi connectivity index (χ0n) is 42.2.